The van der Waals surface area contributed by atoms with Gasteiger partial charge in [-0.05, 0) is 48.7 Å². The van der Waals surface area contributed by atoms with Gasteiger partial charge in [-0.3, -0.25) is 9.88 Å². The number of hydrogen-bond acceptors (Lipinski definition) is 2. The van der Waals surface area contributed by atoms with E-state index >= 15 is 0 Å². The molecule has 2 nitrogen and oxygen atoms in total. The minimum absolute atomic E-state index is 0.494. The molecule has 0 aliphatic carbocycles. The van der Waals surface area contributed by atoms with Gasteiger partial charge in [0.05, 0.1) is 0 Å². The lowest BCUT2D eigenvalue weighted by molar-refractivity contribution is 0.140. The second kappa shape index (κ2) is 6.38. The van der Waals surface area contributed by atoms with E-state index in [1.807, 2.05) is 30.6 Å². The highest BCUT2D eigenvalue weighted by Crippen LogP contribution is 2.31. The molecule has 1 aliphatic rings. The second-order valence-corrected chi connectivity index (χ2v) is 5.83. The monoisotopic (exact) mass is 286 g/mol. The van der Waals surface area contributed by atoms with Crippen molar-refractivity contribution >= 4 is 11.6 Å². The van der Waals surface area contributed by atoms with Crippen LogP contribution < -0.4 is 0 Å². The summed E-state index contributed by atoms with van der Waals surface area (Å²) in [5, 5.41) is 0.802. The van der Waals surface area contributed by atoms with Gasteiger partial charge in [0.1, 0.15) is 0 Å². The van der Waals surface area contributed by atoms with Crippen molar-refractivity contribution in [3.8, 4) is 0 Å². The van der Waals surface area contributed by atoms with E-state index in [-0.39, 0.29) is 0 Å². The Morgan fingerprint density at radius 1 is 1.15 bits per heavy atom. The number of aromatic nitrogens is 1. The topological polar surface area (TPSA) is 16.1 Å². The molecule has 0 saturated carbocycles. The third-order valence-electron chi connectivity index (χ3n) is 3.98. The van der Waals surface area contributed by atoms with Crippen molar-refractivity contribution in [2.75, 3.05) is 6.54 Å². The number of hydrogen-bond donors (Lipinski definition) is 0. The van der Waals surface area contributed by atoms with Gasteiger partial charge in [0.2, 0.25) is 0 Å². The predicted molar refractivity (Wildman–Crippen MR) is 82.7 cm³/mol. The highest BCUT2D eigenvalue weighted by atomic mass is 35.5. The standard InChI is InChI=1S/C17H19ClN2/c18-16-8-6-14(7-9-16)13-20-11-2-1-5-17(20)15-4-3-10-19-12-15/h3-4,6-10,12,17H,1-2,5,11,13H2. The molecule has 0 N–H and O–H groups in total. The van der Waals surface area contributed by atoms with Crippen LogP contribution in [0, 0.1) is 0 Å². The summed E-state index contributed by atoms with van der Waals surface area (Å²) in [6.07, 6.45) is 7.65. The molecule has 0 amide bonds. The summed E-state index contributed by atoms with van der Waals surface area (Å²) >= 11 is 5.96. The van der Waals surface area contributed by atoms with E-state index in [1.54, 1.807) is 0 Å². The molecule has 1 atom stereocenters. The highest BCUT2D eigenvalue weighted by molar-refractivity contribution is 6.30. The number of halogens is 1. The van der Waals surface area contributed by atoms with Crippen LogP contribution in [0.4, 0.5) is 0 Å². The van der Waals surface area contributed by atoms with Crippen LogP contribution in [0.25, 0.3) is 0 Å². The number of piperidine rings is 1. The molecule has 20 heavy (non-hydrogen) atoms. The highest BCUT2D eigenvalue weighted by Gasteiger charge is 2.23. The first kappa shape index (κ1) is 13.6. The predicted octanol–water partition coefficient (Wildman–Crippen LogP) is 4.46. The summed E-state index contributed by atoms with van der Waals surface area (Å²) in [5.74, 6) is 0. The Labute approximate surface area is 125 Å². The van der Waals surface area contributed by atoms with Crippen molar-refractivity contribution in [2.45, 2.75) is 31.8 Å². The zero-order valence-corrected chi connectivity index (χ0v) is 12.3. The molecule has 1 fully saturated rings. The first-order valence-corrected chi connectivity index (χ1v) is 7.59. The molecule has 3 rings (SSSR count). The fraction of sp³-hybridized carbons (Fsp3) is 0.353. The van der Waals surface area contributed by atoms with E-state index in [1.165, 1.54) is 30.4 Å². The van der Waals surface area contributed by atoms with Gasteiger partial charge < -0.3 is 0 Å². The lowest BCUT2D eigenvalue weighted by Crippen LogP contribution is -2.32. The van der Waals surface area contributed by atoms with Gasteiger partial charge in [-0.15, -0.1) is 0 Å². The Balaban J connectivity index is 1.77. The van der Waals surface area contributed by atoms with E-state index in [4.69, 9.17) is 11.6 Å². The largest absolute Gasteiger partial charge is 0.292 e. The molecule has 0 bridgehead atoms. The van der Waals surface area contributed by atoms with Crippen molar-refractivity contribution < 1.29 is 0 Å². The molecule has 1 unspecified atom stereocenters. The van der Waals surface area contributed by atoms with Crippen LogP contribution in [0.1, 0.15) is 36.4 Å². The second-order valence-electron chi connectivity index (χ2n) is 5.39. The van der Waals surface area contributed by atoms with Crippen LogP contribution in [0.2, 0.25) is 5.02 Å². The molecule has 1 aromatic heterocycles. The molecule has 0 spiro atoms. The molecule has 1 aromatic carbocycles. The maximum absolute atomic E-state index is 5.96. The first-order valence-electron chi connectivity index (χ1n) is 7.21. The number of pyridine rings is 1. The van der Waals surface area contributed by atoms with Gasteiger partial charge >= 0.3 is 0 Å². The summed E-state index contributed by atoms with van der Waals surface area (Å²) in [5.41, 5.74) is 2.66. The van der Waals surface area contributed by atoms with Crippen LogP contribution in [0.5, 0.6) is 0 Å². The molecule has 3 heteroatoms. The van der Waals surface area contributed by atoms with E-state index < -0.39 is 0 Å². The Hall–Kier alpha value is -1.38. The van der Waals surface area contributed by atoms with Crippen LogP contribution in [-0.2, 0) is 6.54 Å². The summed E-state index contributed by atoms with van der Waals surface area (Å²) < 4.78 is 0. The van der Waals surface area contributed by atoms with Crippen LogP contribution in [0.15, 0.2) is 48.8 Å². The van der Waals surface area contributed by atoms with Crippen LogP contribution in [-0.4, -0.2) is 16.4 Å². The fourth-order valence-electron chi connectivity index (χ4n) is 2.96. The van der Waals surface area contributed by atoms with Crippen molar-refractivity contribution in [1.29, 1.82) is 0 Å². The Morgan fingerprint density at radius 3 is 2.75 bits per heavy atom. The summed E-state index contributed by atoms with van der Waals surface area (Å²) in [4.78, 5) is 6.83. The van der Waals surface area contributed by atoms with Gasteiger partial charge in [-0.2, -0.15) is 0 Å². The third-order valence-corrected chi connectivity index (χ3v) is 4.23. The minimum atomic E-state index is 0.494. The van der Waals surface area contributed by atoms with Crippen molar-refractivity contribution in [3.05, 3.63) is 64.9 Å². The lowest BCUT2D eigenvalue weighted by Gasteiger charge is -2.36. The van der Waals surface area contributed by atoms with Crippen LogP contribution in [0.3, 0.4) is 0 Å². The summed E-state index contributed by atoms with van der Waals surface area (Å²) in [6, 6.07) is 12.9. The molecule has 2 heterocycles. The Bertz CT molecular complexity index is 539. The van der Waals surface area contributed by atoms with Gasteiger partial charge in [0, 0.05) is 30.0 Å². The first-order chi connectivity index (χ1) is 9.83. The Kier molecular flexibility index (Phi) is 4.34. The smallest absolute Gasteiger partial charge is 0.0406 e. The molecule has 1 aliphatic heterocycles. The number of nitrogens with zero attached hydrogens (tertiary/aromatic N) is 2. The number of benzene rings is 1. The summed E-state index contributed by atoms with van der Waals surface area (Å²) in [7, 11) is 0. The van der Waals surface area contributed by atoms with E-state index in [0.717, 1.165) is 18.1 Å². The molecule has 2 aromatic rings. The number of likely N-dealkylation sites (tertiary alicyclic amines) is 1. The van der Waals surface area contributed by atoms with Crippen LogP contribution >= 0.6 is 11.6 Å². The fourth-order valence-corrected chi connectivity index (χ4v) is 3.08. The molecule has 104 valence electrons. The van der Waals surface area contributed by atoms with Crippen molar-refractivity contribution in [1.82, 2.24) is 9.88 Å². The number of rotatable bonds is 3. The molecule has 0 radical (unpaired) electrons. The third kappa shape index (κ3) is 3.20. The van der Waals surface area contributed by atoms with Gasteiger partial charge in [-0.1, -0.05) is 36.2 Å². The average molecular weight is 287 g/mol. The molecular weight excluding hydrogens is 268 g/mol. The average Bonchev–Trinajstić information content (AvgIpc) is 2.51. The minimum Gasteiger partial charge on any atom is -0.292 e. The van der Waals surface area contributed by atoms with E-state index in [2.05, 4.69) is 28.1 Å². The maximum Gasteiger partial charge on any atom is 0.0406 e. The van der Waals surface area contributed by atoms with Gasteiger partial charge in [0.25, 0.3) is 0 Å². The van der Waals surface area contributed by atoms with E-state index in [9.17, 15) is 0 Å². The van der Waals surface area contributed by atoms with E-state index in [0.29, 0.717) is 6.04 Å². The summed E-state index contributed by atoms with van der Waals surface area (Å²) in [6.45, 7) is 2.14. The molecule has 1 saturated heterocycles. The maximum atomic E-state index is 5.96. The van der Waals surface area contributed by atoms with Gasteiger partial charge in [-0.25, -0.2) is 0 Å². The quantitative estimate of drug-likeness (QED) is 0.828. The Morgan fingerprint density at radius 2 is 2.00 bits per heavy atom. The zero-order valence-electron chi connectivity index (χ0n) is 11.5. The molecular formula is C17H19ClN2. The SMILES string of the molecule is Clc1ccc(CN2CCCCC2c2cccnc2)cc1. The van der Waals surface area contributed by atoms with Crippen molar-refractivity contribution in [3.63, 3.8) is 0 Å². The lowest BCUT2D eigenvalue weighted by atomic mass is 9.96. The normalized spacial score (nSPS) is 19.9. The van der Waals surface area contributed by atoms with Crippen molar-refractivity contribution in [2.24, 2.45) is 0 Å². The zero-order chi connectivity index (χ0) is 13.8. The van der Waals surface area contributed by atoms with Gasteiger partial charge in [0.15, 0.2) is 0 Å².